The number of nitrogens with one attached hydrogen (secondary N) is 2. The van der Waals surface area contributed by atoms with Gasteiger partial charge in [0.25, 0.3) is 0 Å². The number of rotatable bonds is 6. The van der Waals surface area contributed by atoms with Crippen molar-refractivity contribution in [1.82, 2.24) is 0 Å². The first-order chi connectivity index (χ1) is 11.6. The Labute approximate surface area is 149 Å². The van der Waals surface area contributed by atoms with Crippen LogP contribution in [-0.4, -0.2) is 25.5 Å². The van der Waals surface area contributed by atoms with Gasteiger partial charge in [-0.1, -0.05) is 15.9 Å². The van der Waals surface area contributed by atoms with Crippen molar-refractivity contribution in [2.45, 2.75) is 6.42 Å². The standard InChI is InChI=1S/C17H19BrN4O2/c1-24-15-8-6-14(7-9-15)22-17(19)20-11-10-16(23)21-13-4-2-12(18)3-5-13/h2-9H,10-11H2,1H3,(H,21,23)(H3,19,20,22). The van der Waals surface area contributed by atoms with Crippen molar-refractivity contribution in [1.29, 1.82) is 0 Å². The molecular weight excluding hydrogens is 372 g/mol. The van der Waals surface area contributed by atoms with Gasteiger partial charge >= 0.3 is 0 Å². The van der Waals surface area contributed by atoms with E-state index in [1.54, 1.807) is 7.11 Å². The maximum absolute atomic E-state index is 11.8. The minimum absolute atomic E-state index is 0.113. The van der Waals surface area contributed by atoms with Crippen molar-refractivity contribution in [3.8, 4) is 5.75 Å². The van der Waals surface area contributed by atoms with Gasteiger partial charge in [0, 0.05) is 22.3 Å². The Bertz CT molecular complexity index is 700. The van der Waals surface area contributed by atoms with Gasteiger partial charge in [-0.25, -0.2) is 0 Å². The normalized spacial score (nSPS) is 11.0. The van der Waals surface area contributed by atoms with Crippen molar-refractivity contribution in [3.05, 3.63) is 53.0 Å². The zero-order valence-corrected chi connectivity index (χ0v) is 14.8. The van der Waals surface area contributed by atoms with E-state index in [1.165, 1.54) is 0 Å². The van der Waals surface area contributed by atoms with E-state index in [4.69, 9.17) is 10.5 Å². The fraction of sp³-hybridized carbons (Fsp3) is 0.176. The highest BCUT2D eigenvalue weighted by Crippen LogP contribution is 2.15. The Morgan fingerprint density at radius 1 is 1.08 bits per heavy atom. The number of aliphatic imine (C=N–C) groups is 1. The van der Waals surface area contributed by atoms with E-state index < -0.39 is 0 Å². The molecule has 126 valence electrons. The molecule has 6 nitrogen and oxygen atoms in total. The van der Waals surface area contributed by atoms with Crippen LogP contribution in [-0.2, 0) is 4.79 Å². The average molecular weight is 391 g/mol. The third-order valence-electron chi connectivity index (χ3n) is 3.11. The molecule has 0 unspecified atom stereocenters. The molecule has 0 aliphatic carbocycles. The lowest BCUT2D eigenvalue weighted by Gasteiger charge is -2.07. The lowest BCUT2D eigenvalue weighted by atomic mass is 10.3. The summed E-state index contributed by atoms with van der Waals surface area (Å²) in [6.07, 6.45) is 0.251. The average Bonchev–Trinajstić information content (AvgIpc) is 2.57. The maximum atomic E-state index is 11.8. The minimum atomic E-state index is -0.113. The van der Waals surface area contributed by atoms with Gasteiger partial charge < -0.3 is 21.1 Å². The molecule has 2 aromatic rings. The summed E-state index contributed by atoms with van der Waals surface area (Å²) in [5.74, 6) is 0.913. The number of hydrogen-bond acceptors (Lipinski definition) is 3. The van der Waals surface area contributed by atoms with Gasteiger partial charge in [-0.05, 0) is 48.5 Å². The predicted octanol–water partition coefficient (Wildman–Crippen LogP) is 3.21. The molecule has 0 spiro atoms. The van der Waals surface area contributed by atoms with Crippen LogP contribution < -0.4 is 21.1 Å². The van der Waals surface area contributed by atoms with Gasteiger partial charge in [0.2, 0.25) is 5.91 Å². The number of guanidine groups is 1. The van der Waals surface area contributed by atoms with Gasteiger partial charge in [-0.2, -0.15) is 0 Å². The summed E-state index contributed by atoms with van der Waals surface area (Å²) in [6, 6.07) is 14.7. The molecule has 0 fully saturated rings. The Hall–Kier alpha value is -2.54. The van der Waals surface area contributed by atoms with Gasteiger partial charge in [-0.15, -0.1) is 0 Å². The van der Waals surface area contributed by atoms with Gasteiger partial charge in [0.1, 0.15) is 5.75 Å². The third-order valence-corrected chi connectivity index (χ3v) is 3.64. The fourth-order valence-electron chi connectivity index (χ4n) is 1.90. The molecule has 0 radical (unpaired) electrons. The molecule has 4 N–H and O–H groups in total. The Balaban J connectivity index is 1.77. The topological polar surface area (TPSA) is 88.7 Å². The molecule has 2 aromatic carbocycles. The number of hydrogen-bond donors (Lipinski definition) is 3. The lowest BCUT2D eigenvalue weighted by Crippen LogP contribution is -2.23. The van der Waals surface area contributed by atoms with Crippen LogP contribution in [0, 0.1) is 0 Å². The summed E-state index contributed by atoms with van der Waals surface area (Å²) in [4.78, 5) is 16.0. The van der Waals surface area contributed by atoms with Crippen LogP contribution in [0.4, 0.5) is 11.4 Å². The van der Waals surface area contributed by atoms with Crippen molar-refractivity contribution in [2.75, 3.05) is 24.3 Å². The highest BCUT2D eigenvalue weighted by molar-refractivity contribution is 9.10. The number of carbonyl (C=O) groups is 1. The van der Waals surface area contributed by atoms with E-state index in [0.29, 0.717) is 6.54 Å². The van der Waals surface area contributed by atoms with Crippen molar-refractivity contribution in [2.24, 2.45) is 10.7 Å². The van der Waals surface area contributed by atoms with Gasteiger partial charge in [-0.3, -0.25) is 9.79 Å². The summed E-state index contributed by atoms with van der Waals surface area (Å²) < 4.78 is 6.05. The Morgan fingerprint density at radius 3 is 2.29 bits per heavy atom. The second-order valence-corrected chi connectivity index (χ2v) is 5.84. The molecule has 0 aromatic heterocycles. The van der Waals surface area contributed by atoms with Crippen LogP contribution in [0.15, 0.2) is 58.0 Å². The Morgan fingerprint density at radius 2 is 1.67 bits per heavy atom. The monoisotopic (exact) mass is 390 g/mol. The van der Waals surface area contributed by atoms with Crippen LogP contribution in [0.3, 0.4) is 0 Å². The highest BCUT2D eigenvalue weighted by Gasteiger charge is 2.02. The van der Waals surface area contributed by atoms with Crippen LogP contribution in [0.5, 0.6) is 5.75 Å². The Kier molecular flexibility index (Phi) is 6.62. The largest absolute Gasteiger partial charge is 0.497 e. The molecule has 1 amide bonds. The molecule has 0 atom stereocenters. The third kappa shape index (κ3) is 5.92. The lowest BCUT2D eigenvalue weighted by molar-refractivity contribution is -0.116. The van der Waals surface area contributed by atoms with Crippen molar-refractivity contribution >= 4 is 39.2 Å². The molecule has 2 rings (SSSR count). The van der Waals surface area contributed by atoms with Crippen LogP contribution in [0.2, 0.25) is 0 Å². The summed E-state index contributed by atoms with van der Waals surface area (Å²) >= 11 is 3.35. The van der Waals surface area contributed by atoms with E-state index in [1.807, 2.05) is 48.5 Å². The van der Waals surface area contributed by atoms with Crippen LogP contribution in [0.25, 0.3) is 0 Å². The zero-order chi connectivity index (χ0) is 17.4. The number of anilines is 2. The maximum Gasteiger partial charge on any atom is 0.226 e. The molecule has 0 saturated carbocycles. The number of nitrogens with two attached hydrogens (primary N) is 1. The van der Waals surface area contributed by atoms with Crippen LogP contribution in [0.1, 0.15) is 6.42 Å². The number of ether oxygens (including phenoxy) is 1. The summed E-state index contributed by atoms with van der Waals surface area (Å²) in [6.45, 7) is 0.303. The second-order valence-electron chi connectivity index (χ2n) is 4.93. The molecule has 0 aliphatic heterocycles. The zero-order valence-electron chi connectivity index (χ0n) is 13.3. The molecule has 7 heteroatoms. The predicted molar refractivity (Wildman–Crippen MR) is 100 cm³/mol. The molecule has 24 heavy (non-hydrogen) atoms. The summed E-state index contributed by atoms with van der Waals surface area (Å²) in [5, 5.41) is 5.76. The number of amides is 1. The van der Waals surface area contributed by atoms with E-state index in [0.717, 1.165) is 21.6 Å². The number of carbonyl (C=O) groups excluding carboxylic acids is 1. The SMILES string of the molecule is COc1ccc(NC(N)=NCCC(=O)Nc2ccc(Br)cc2)cc1. The van der Waals surface area contributed by atoms with Gasteiger partial charge in [0.15, 0.2) is 5.96 Å². The molecule has 0 heterocycles. The summed E-state index contributed by atoms with van der Waals surface area (Å²) in [7, 11) is 1.61. The van der Waals surface area contributed by atoms with Crippen molar-refractivity contribution < 1.29 is 9.53 Å². The molecule has 0 bridgehead atoms. The number of nitrogens with zero attached hydrogens (tertiary/aromatic N) is 1. The quantitative estimate of drug-likeness (QED) is 0.521. The van der Waals surface area contributed by atoms with E-state index >= 15 is 0 Å². The highest BCUT2D eigenvalue weighted by atomic mass is 79.9. The fourth-order valence-corrected chi connectivity index (χ4v) is 2.16. The summed E-state index contributed by atoms with van der Waals surface area (Å²) in [5.41, 5.74) is 7.35. The molecular formula is C17H19BrN4O2. The first-order valence-corrected chi connectivity index (χ1v) is 8.12. The smallest absolute Gasteiger partial charge is 0.226 e. The molecule has 0 saturated heterocycles. The van der Waals surface area contributed by atoms with Crippen molar-refractivity contribution in [3.63, 3.8) is 0 Å². The number of halogens is 1. The van der Waals surface area contributed by atoms with Crippen LogP contribution >= 0.6 is 15.9 Å². The minimum Gasteiger partial charge on any atom is -0.497 e. The number of methoxy groups -OCH3 is 1. The molecule has 0 aliphatic rings. The van der Waals surface area contributed by atoms with E-state index in [9.17, 15) is 4.79 Å². The first kappa shape index (κ1) is 17.8. The number of benzene rings is 2. The van der Waals surface area contributed by atoms with E-state index in [-0.39, 0.29) is 18.3 Å². The van der Waals surface area contributed by atoms with Gasteiger partial charge in [0.05, 0.1) is 13.7 Å². The van der Waals surface area contributed by atoms with E-state index in [2.05, 4.69) is 31.6 Å². The second kappa shape index (κ2) is 8.93. The first-order valence-electron chi connectivity index (χ1n) is 7.33.